The molecule has 0 spiro atoms. The van der Waals surface area contributed by atoms with Crippen molar-refractivity contribution in [2.24, 2.45) is 0 Å². The third-order valence-corrected chi connectivity index (χ3v) is 6.41. The fraction of sp³-hybridized carbons (Fsp3) is 0.714. The molecule has 0 amide bonds. The van der Waals surface area contributed by atoms with Crippen molar-refractivity contribution in [3.8, 4) is 0 Å². The zero-order valence-electron chi connectivity index (χ0n) is 12.9. The monoisotopic (exact) mass is 332 g/mol. The van der Waals surface area contributed by atoms with Gasteiger partial charge in [-0.05, 0) is 39.3 Å². The molecule has 2 N–H and O–H groups in total. The summed E-state index contributed by atoms with van der Waals surface area (Å²) in [5.74, 6) is 0. The molecular formula is C14H24N2O3S2. The van der Waals surface area contributed by atoms with Crippen molar-refractivity contribution in [3.05, 3.63) is 15.8 Å². The molecule has 1 aliphatic heterocycles. The molecule has 0 saturated carbocycles. The lowest BCUT2D eigenvalue weighted by molar-refractivity contribution is 0.0250. The van der Waals surface area contributed by atoms with E-state index in [9.17, 15) is 8.42 Å². The number of rotatable bonds is 7. The lowest BCUT2D eigenvalue weighted by Gasteiger charge is -2.23. The highest BCUT2D eigenvalue weighted by Gasteiger charge is 2.32. The molecule has 1 saturated heterocycles. The summed E-state index contributed by atoms with van der Waals surface area (Å²) in [7, 11) is -3.47. The van der Waals surface area contributed by atoms with E-state index in [0.717, 1.165) is 29.1 Å². The van der Waals surface area contributed by atoms with Crippen molar-refractivity contribution in [1.29, 1.82) is 0 Å². The fourth-order valence-electron chi connectivity index (χ4n) is 2.43. The van der Waals surface area contributed by atoms with Gasteiger partial charge in [-0.3, -0.25) is 0 Å². The Hall–Kier alpha value is -0.470. The van der Waals surface area contributed by atoms with Gasteiger partial charge in [-0.2, -0.15) is 0 Å². The third-order valence-electron chi connectivity index (χ3n) is 3.70. The Balaban J connectivity index is 2.06. The summed E-state index contributed by atoms with van der Waals surface area (Å²) < 4.78 is 33.2. The number of ether oxygens (including phenoxy) is 1. The standard InChI is InChI=1S/C14H24N2O3S2/c1-4-15-9-12-8-13(11(2)20-12)21(17,18)16-10-14(3)6-5-7-19-14/h8,15-16H,4-7,9-10H2,1-3H3. The van der Waals surface area contributed by atoms with Crippen molar-refractivity contribution >= 4 is 21.4 Å². The van der Waals surface area contributed by atoms with E-state index >= 15 is 0 Å². The van der Waals surface area contributed by atoms with Gasteiger partial charge in [-0.25, -0.2) is 13.1 Å². The first-order valence-corrected chi connectivity index (χ1v) is 9.60. The van der Waals surface area contributed by atoms with Crippen molar-refractivity contribution < 1.29 is 13.2 Å². The molecule has 1 fully saturated rings. The molecule has 1 aromatic heterocycles. The molecule has 1 aromatic rings. The molecule has 0 radical (unpaired) electrons. The van der Waals surface area contributed by atoms with Gasteiger partial charge in [0.15, 0.2) is 0 Å². The van der Waals surface area contributed by atoms with E-state index in [1.165, 1.54) is 11.3 Å². The average Bonchev–Trinajstić information content (AvgIpc) is 3.02. The summed E-state index contributed by atoms with van der Waals surface area (Å²) in [5.41, 5.74) is -0.371. The molecule has 2 rings (SSSR count). The van der Waals surface area contributed by atoms with E-state index in [4.69, 9.17) is 4.74 Å². The molecular weight excluding hydrogens is 308 g/mol. The van der Waals surface area contributed by atoms with Crippen LogP contribution in [0.5, 0.6) is 0 Å². The van der Waals surface area contributed by atoms with Crippen LogP contribution in [-0.4, -0.2) is 33.7 Å². The maximum Gasteiger partial charge on any atom is 0.241 e. The van der Waals surface area contributed by atoms with E-state index in [0.29, 0.717) is 24.6 Å². The van der Waals surface area contributed by atoms with Crippen LogP contribution < -0.4 is 10.0 Å². The van der Waals surface area contributed by atoms with Crippen LogP contribution in [0.2, 0.25) is 0 Å². The quantitative estimate of drug-likeness (QED) is 0.801. The molecule has 5 nitrogen and oxygen atoms in total. The topological polar surface area (TPSA) is 67.4 Å². The van der Waals surface area contributed by atoms with Gasteiger partial charge in [0, 0.05) is 29.5 Å². The summed E-state index contributed by atoms with van der Waals surface area (Å²) in [5, 5.41) is 3.21. The van der Waals surface area contributed by atoms with E-state index in [1.54, 1.807) is 6.07 Å². The summed E-state index contributed by atoms with van der Waals surface area (Å²) in [6.45, 7) is 8.45. The van der Waals surface area contributed by atoms with Gasteiger partial charge in [0.1, 0.15) is 0 Å². The Kier molecular flexibility index (Phi) is 5.43. The Morgan fingerprint density at radius 3 is 2.86 bits per heavy atom. The van der Waals surface area contributed by atoms with Crippen molar-refractivity contribution in [2.75, 3.05) is 19.7 Å². The van der Waals surface area contributed by atoms with Crippen LogP contribution >= 0.6 is 11.3 Å². The lowest BCUT2D eigenvalue weighted by Crippen LogP contribution is -2.40. The van der Waals surface area contributed by atoms with E-state index < -0.39 is 10.0 Å². The van der Waals surface area contributed by atoms with E-state index in [2.05, 4.69) is 10.0 Å². The first-order chi connectivity index (χ1) is 9.86. The van der Waals surface area contributed by atoms with Crippen molar-refractivity contribution in [3.63, 3.8) is 0 Å². The number of sulfonamides is 1. The fourth-order valence-corrected chi connectivity index (χ4v) is 5.19. The number of aryl methyl sites for hydroxylation is 1. The summed E-state index contributed by atoms with van der Waals surface area (Å²) >= 11 is 1.53. The highest BCUT2D eigenvalue weighted by molar-refractivity contribution is 7.89. The SMILES string of the molecule is CCNCc1cc(S(=O)(=O)NCC2(C)CCCO2)c(C)s1. The minimum atomic E-state index is -3.47. The maximum absolute atomic E-state index is 12.5. The Labute approximate surface area is 131 Å². The number of hydrogen-bond donors (Lipinski definition) is 2. The van der Waals surface area contributed by atoms with E-state index in [-0.39, 0.29) is 5.60 Å². The molecule has 7 heteroatoms. The first kappa shape index (κ1) is 16.9. The number of thiophene rings is 1. The second kappa shape index (κ2) is 6.75. The Morgan fingerprint density at radius 1 is 1.48 bits per heavy atom. The molecule has 120 valence electrons. The van der Waals surface area contributed by atoms with Crippen LogP contribution in [0.25, 0.3) is 0 Å². The average molecular weight is 332 g/mol. The smallest absolute Gasteiger partial charge is 0.241 e. The Bertz CT molecular complexity index is 575. The van der Waals surface area contributed by atoms with Gasteiger partial charge in [0.25, 0.3) is 0 Å². The van der Waals surface area contributed by atoms with Crippen LogP contribution in [-0.2, 0) is 21.3 Å². The third kappa shape index (κ3) is 4.26. The van der Waals surface area contributed by atoms with Crippen molar-refractivity contribution in [2.45, 2.75) is 50.7 Å². The highest BCUT2D eigenvalue weighted by Crippen LogP contribution is 2.27. The van der Waals surface area contributed by atoms with Crippen LogP contribution in [0.1, 0.15) is 36.4 Å². The largest absolute Gasteiger partial charge is 0.374 e. The van der Waals surface area contributed by atoms with Crippen LogP contribution in [0.3, 0.4) is 0 Å². The van der Waals surface area contributed by atoms with Gasteiger partial charge >= 0.3 is 0 Å². The second-order valence-electron chi connectivity index (χ2n) is 5.64. The predicted octanol–water partition coefficient (Wildman–Crippen LogP) is 2.01. The molecule has 21 heavy (non-hydrogen) atoms. The lowest BCUT2D eigenvalue weighted by atomic mass is 10.0. The molecule has 1 unspecified atom stereocenters. The second-order valence-corrected chi connectivity index (χ2v) is 8.72. The molecule has 1 aliphatic rings. The minimum absolute atomic E-state index is 0.327. The van der Waals surface area contributed by atoms with Gasteiger partial charge in [-0.1, -0.05) is 6.92 Å². The number of nitrogens with one attached hydrogen (secondary N) is 2. The first-order valence-electron chi connectivity index (χ1n) is 7.30. The van der Waals surface area contributed by atoms with Crippen molar-refractivity contribution in [1.82, 2.24) is 10.0 Å². The van der Waals surface area contributed by atoms with Gasteiger partial charge in [-0.15, -0.1) is 11.3 Å². The molecule has 0 aliphatic carbocycles. The molecule has 0 bridgehead atoms. The minimum Gasteiger partial charge on any atom is -0.374 e. The highest BCUT2D eigenvalue weighted by atomic mass is 32.2. The zero-order chi connectivity index (χ0) is 15.5. The van der Waals surface area contributed by atoms with Crippen LogP contribution in [0.4, 0.5) is 0 Å². The van der Waals surface area contributed by atoms with Crippen LogP contribution in [0.15, 0.2) is 11.0 Å². The molecule has 1 atom stereocenters. The van der Waals surface area contributed by atoms with Crippen LogP contribution in [0, 0.1) is 6.92 Å². The predicted molar refractivity (Wildman–Crippen MR) is 85.2 cm³/mol. The van der Waals surface area contributed by atoms with Gasteiger partial charge < -0.3 is 10.1 Å². The van der Waals surface area contributed by atoms with Gasteiger partial charge in [0.05, 0.1) is 10.5 Å². The Morgan fingerprint density at radius 2 is 2.24 bits per heavy atom. The van der Waals surface area contributed by atoms with E-state index in [1.807, 2.05) is 20.8 Å². The summed E-state index contributed by atoms with van der Waals surface area (Å²) in [6, 6.07) is 1.77. The summed E-state index contributed by atoms with van der Waals surface area (Å²) in [4.78, 5) is 2.26. The number of hydrogen-bond acceptors (Lipinski definition) is 5. The normalized spacial score (nSPS) is 22.8. The zero-order valence-corrected chi connectivity index (χ0v) is 14.5. The molecule has 0 aromatic carbocycles. The maximum atomic E-state index is 12.5. The molecule has 2 heterocycles. The van der Waals surface area contributed by atoms with Gasteiger partial charge in [0.2, 0.25) is 10.0 Å². The summed E-state index contributed by atoms with van der Waals surface area (Å²) in [6.07, 6.45) is 1.88.